The Morgan fingerprint density at radius 1 is 1.44 bits per heavy atom. The molecule has 0 aliphatic carbocycles. The molecule has 1 aliphatic heterocycles. The number of carbonyl (C=O) groups excluding carboxylic acids is 1. The summed E-state index contributed by atoms with van der Waals surface area (Å²) in [4.78, 5) is 11.8. The molecule has 0 spiro atoms. The molecule has 2 rings (SSSR count). The highest BCUT2D eigenvalue weighted by atomic mass is 19.1. The van der Waals surface area contributed by atoms with Crippen molar-refractivity contribution in [1.82, 2.24) is 0 Å². The fourth-order valence-electron chi connectivity index (χ4n) is 2.58. The molecule has 0 radical (unpaired) electrons. The lowest BCUT2D eigenvalue weighted by molar-refractivity contribution is -0.117. The summed E-state index contributed by atoms with van der Waals surface area (Å²) in [5, 5.41) is 2.85. The van der Waals surface area contributed by atoms with Gasteiger partial charge in [0.05, 0.1) is 5.92 Å². The van der Waals surface area contributed by atoms with Crippen molar-refractivity contribution in [2.75, 3.05) is 5.32 Å². The van der Waals surface area contributed by atoms with E-state index in [0.29, 0.717) is 6.42 Å². The van der Waals surface area contributed by atoms with E-state index in [0.717, 1.165) is 29.7 Å². The number of benzene rings is 1. The van der Waals surface area contributed by atoms with E-state index < -0.39 is 0 Å². The maximum absolute atomic E-state index is 13.7. The van der Waals surface area contributed by atoms with E-state index in [4.69, 9.17) is 5.73 Å². The minimum atomic E-state index is -0.315. The van der Waals surface area contributed by atoms with Crippen LogP contribution in [0.5, 0.6) is 0 Å². The number of nitrogens with one attached hydrogen (secondary N) is 1. The molecule has 1 amide bonds. The van der Waals surface area contributed by atoms with Crippen molar-refractivity contribution in [3.8, 4) is 0 Å². The van der Waals surface area contributed by atoms with Crippen LogP contribution in [0.4, 0.5) is 10.1 Å². The summed E-state index contributed by atoms with van der Waals surface area (Å²) < 4.78 is 13.7. The molecule has 3 nitrogen and oxygen atoms in total. The Bertz CT molecular complexity index is 473. The molecular weight excluding hydrogens is 231 g/mol. The zero-order chi connectivity index (χ0) is 13.3. The molecule has 1 aromatic rings. The van der Waals surface area contributed by atoms with Crippen molar-refractivity contribution < 1.29 is 9.18 Å². The zero-order valence-electron chi connectivity index (χ0n) is 10.8. The highest BCUT2D eigenvalue weighted by molar-refractivity contribution is 6.03. The van der Waals surface area contributed by atoms with Crippen molar-refractivity contribution in [2.24, 2.45) is 5.73 Å². The Labute approximate surface area is 107 Å². The zero-order valence-corrected chi connectivity index (χ0v) is 10.8. The van der Waals surface area contributed by atoms with Gasteiger partial charge in [0.1, 0.15) is 5.82 Å². The standard InChI is InChI=1S/C14H19FN2O/c1-3-5-12(16)11-7-8(15)6-10-9(4-2)14(18)17-13(10)11/h6-7,9,12H,3-5,16H2,1-2H3,(H,17,18). The second kappa shape index (κ2) is 5.06. The third-order valence-corrected chi connectivity index (χ3v) is 3.51. The van der Waals surface area contributed by atoms with Crippen LogP contribution in [0, 0.1) is 5.82 Å². The Morgan fingerprint density at radius 2 is 2.17 bits per heavy atom. The van der Waals surface area contributed by atoms with Crippen LogP contribution in [0.25, 0.3) is 0 Å². The number of amides is 1. The molecule has 0 saturated heterocycles. The third-order valence-electron chi connectivity index (χ3n) is 3.51. The summed E-state index contributed by atoms with van der Waals surface area (Å²) >= 11 is 0. The van der Waals surface area contributed by atoms with E-state index in [1.807, 2.05) is 13.8 Å². The normalized spacial score (nSPS) is 19.6. The summed E-state index contributed by atoms with van der Waals surface area (Å²) in [6.45, 7) is 3.96. The van der Waals surface area contributed by atoms with Gasteiger partial charge in [-0.1, -0.05) is 20.3 Å². The van der Waals surface area contributed by atoms with Crippen LogP contribution in [-0.4, -0.2) is 5.91 Å². The minimum absolute atomic E-state index is 0.0527. The van der Waals surface area contributed by atoms with Crippen LogP contribution in [-0.2, 0) is 4.79 Å². The van der Waals surface area contributed by atoms with E-state index in [1.54, 1.807) is 0 Å². The predicted molar refractivity (Wildman–Crippen MR) is 69.9 cm³/mol. The summed E-state index contributed by atoms with van der Waals surface area (Å²) in [5.41, 5.74) is 8.26. The van der Waals surface area contributed by atoms with Gasteiger partial charge >= 0.3 is 0 Å². The first-order valence-corrected chi connectivity index (χ1v) is 6.48. The number of hydrogen-bond donors (Lipinski definition) is 2. The average molecular weight is 250 g/mol. The number of hydrogen-bond acceptors (Lipinski definition) is 2. The predicted octanol–water partition coefficient (Wildman–Crippen LogP) is 3.07. The lowest BCUT2D eigenvalue weighted by Gasteiger charge is -2.15. The van der Waals surface area contributed by atoms with Crippen molar-refractivity contribution in [3.05, 3.63) is 29.1 Å². The van der Waals surface area contributed by atoms with Gasteiger partial charge < -0.3 is 11.1 Å². The second-order valence-corrected chi connectivity index (χ2v) is 4.80. The first-order valence-electron chi connectivity index (χ1n) is 6.48. The number of fused-ring (bicyclic) bond motifs is 1. The Balaban J connectivity index is 2.48. The third kappa shape index (κ3) is 2.12. The van der Waals surface area contributed by atoms with Crippen molar-refractivity contribution >= 4 is 11.6 Å². The number of carbonyl (C=O) groups is 1. The first kappa shape index (κ1) is 13.0. The number of rotatable bonds is 4. The van der Waals surface area contributed by atoms with E-state index in [2.05, 4.69) is 5.32 Å². The molecule has 1 aromatic carbocycles. The molecule has 1 aliphatic rings. The van der Waals surface area contributed by atoms with E-state index in [9.17, 15) is 9.18 Å². The van der Waals surface area contributed by atoms with Gasteiger partial charge in [0.15, 0.2) is 0 Å². The monoisotopic (exact) mass is 250 g/mol. The quantitative estimate of drug-likeness (QED) is 0.862. The largest absolute Gasteiger partial charge is 0.325 e. The summed E-state index contributed by atoms with van der Waals surface area (Å²) in [6.07, 6.45) is 2.38. The molecular formula is C14H19FN2O. The van der Waals surface area contributed by atoms with E-state index in [1.165, 1.54) is 12.1 Å². The molecule has 18 heavy (non-hydrogen) atoms. The lowest BCUT2D eigenvalue weighted by atomic mass is 9.93. The molecule has 98 valence electrons. The molecule has 2 unspecified atom stereocenters. The summed E-state index contributed by atoms with van der Waals surface area (Å²) in [6, 6.07) is 2.66. The van der Waals surface area contributed by atoms with Crippen LogP contribution < -0.4 is 11.1 Å². The van der Waals surface area contributed by atoms with Gasteiger partial charge in [-0.25, -0.2) is 4.39 Å². The second-order valence-electron chi connectivity index (χ2n) is 4.80. The maximum atomic E-state index is 13.7. The lowest BCUT2D eigenvalue weighted by Crippen LogP contribution is -2.14. The molecule has 2 atom stereocenters. The van der Waals surface area contributed by atoms with Crippen molar-refractivity contribution in [1.29, 1.82) is 0 Å². The van der Waals surface area contributed by atoms with Crippen LogP contribution >= 0.6 is 0 Å². The van der Waals surface area contributed by atoms with Crippen LogP contribution in [0.1, 0.15) is 56.2 Å². The van der Waals surface area contributed by atoms with Gasteiger partial charge in [-0.3, -0.25) is 4.79 Å². The average Bonchev–Trinajstić information content (AvgIpc) is 2.63. The van der Waals surface area contributed by atoms with Gasteiger partial charge in [0.2, 0.25) is 5.91 Å². The first-order chi connectivity index (χ1) is 8.58. The van der Waals surface area contributed by atoms with E-state index >= 15 is 0 Å². The Kier molecular flexibility index (Phi) is 3.66. The summed E-state index contributed by atoms with van der Waals surface area (Å²) in [7, 11) is 0. The topological polar surface area (TPSA) is 55.1 Å². The molecule has 4 heteroatoms. The molecule has 0 bridgehead atoms. The van der Waals surface area contributed by atoms with Crippen molar-refractivity contribution in [3.63, 3.8) is 0 Å². The number of anilines is 1. The molecule has 0 saturated carbocycles. The molecule has 1 heterocycles. The SMILES string of the molecule is CCCC(N)c1cc(F)cc2c1NC(=O)C2CC. The number of halogens is 1. The van der Waals surface area contributed by atoms with Crippen LogP contribution in [0.15, 0.2) is 12.1 Å². The van der Waals surface area contributed by atoms with Crippen LogP contribution in [0.2, 0.25) is 0 Å². The van der Waals surface area contributed by atoms with Gasteiger partial charge in [0, 0.05) is 11.7 Å². The van der Waals surface area contributed by atoms with Gasteiger partial charge in [-0.15, -0.1) is 0 Å². The smallest absolute Gasteiger partial charge is 0.232 e. The fraction of sp³-hybridized carbons (Fsp3) is 0.500. The molecule has 3 N–H and O–H groups in total. The highest BCUT2D eigenvalue weighted by Gasteiger charge is 2.32. The fourth-order valence-corrected chi connectivity index (χ4v) is 2.58. The van der Waals surface area contributed by atoms with Gasteiger partial charge in [-0.2, -0.15) is 0 Å². The van der Waals surface area contributed by atoms with Crippen molar-refractivity contribution in [2.45, 2.75) is 45.1 Å². The highest BCUT2D eigenvalue weighted by Crippen LogP contribution is 2.40. The number of nitrogens with two attached hydrogens (primary N) is 1. The van der Waals surface area contributed by atoms with Gasteiger partial charge in [0.25, 0.3) is 0 Å². The Morgan fingerprint density at radius 3 is 2.78 bits per heavy atom. The van der Waals surface area contributed by atoms with Gasteiger partial charge in [-0.05, 0) is 36.1 Å². The Hall–Kier alpha value is -1.42. The molecule has 0 aromatic heterocycles. The minimum Gasteiger partial charge on any atom is -0.325 e. The molecule has 0 fully saturated rings. The van der Waals surface area contributed by atoms with E-state index in [-0.39, 0.29) is 23.7 Å². The van der Waals surface area contributed by atoms with Crippen LogP contribution in [0.3, 0.4) is 0 Å². The summed E-state index contributed by atoms with van der Waals surface area (Å²) in [5.74, 6) is -0.614. The maximum Gasteiger partial charge on any atom is 0.232 e.